The van der Waals surface area contributed by atoms with Gasteiger partial charge in [-0.1, -0.05) is 71.0 Å². The smallest absolute Gasteiger partial charge is 0.436 e. The number of rotatable bonds is 12. The fourth-order valence-electron chi connectivity index (χ4n) is 5.28. The van der Waals surface area contributed by atoms with Crippen LogP contribution in [0.15, 0.2) is 95.2 Å². The zero-order chi connectivity index (χ0) is 42.9. The zero-order valence-electron chi connectivity index (χ0n) is 34.4. The van der Waals surface area contributed by atoms with Crippen molar-refractivity contribution < 1.29 is 28.7 Å². The number of ether oxygens (including phenoxy) is 2. The maximum absolute atomic E-state index is 14.1. The summed E-state index contributed by atoms with van der Waals surface area (Å²) in [6.45, 7) is 10.1. The van der Waals surface area contributed by atoms with Crippen molar-refractivity contribution in [1.29, 1.82) is 0 Å². The molecular weight excluding hydrogens is 773 g/mol. The van der Waals surface area contributed by atoms with E-state index < -0.39 is 23.4 Å². The highest BCUT2D eigenvalue weighted by molar-refractivity contribution is 6.00. The van der Waals surface area contributed by atoms with Gasteiger partial charge in [-0.05, 0) is 97.8 Å². The topological polar surface area (TPSA) is 215 Å². The monoisotopic (exact) mass is 816 g/mol. The van der Waals surface area contributed by atoms with E-state index in [0.29, 0.717) is 23.0 Å². The molecule has 0 unspecified atom stereocenters. The molecule has 0 N–H and O–H groups in total. The van der Waals surface area contributed by atoms with Crippen molar-refractivity contribution in [2.75, 3.05) is 10.0 Å². The summed E-state index contributed by atoms with van der Waals surface area (Å²) in [5.74, 6) is 1.29. The Morgan fingerprint density at radius 1 is 0.600 bits per heavy atom. The molecule has 0 aliphatic heterocycles. The molecule has 0 radical (unpaired) electrons. The van der Waals surface area contributed by atoms with E-state index in [1.54, 1.807) is 114 Å². The zero-order valence-corrected chi connectivity index (χ0v) is 34.4. The van der Waals surface area contributed by atoms with Crippen LogP contribution in [0.4, 0.5) is 21.2 Å². The Balaban J connectivity index is 1.21. The van der Waals surface area contributed by atoms with Gasteiger partial charge in [-0.25, -0.2) is 28.9 Å². The summed E-state index contributed by atoms with van der Waals surface area (Å²) in [6, 6.07) is 24.7. The van der Waals surface area contributed by atoms with Gasteiger partial charge in [0, 0.05) is 25.2 Å². The highest BCUT2D eigenvalue weighted by atomic mass is 16.6. The Bertz CT molecular complexity index is 2280. The fraction of sp³-hybridized carbons (Fsp3) is 0.300. The van der Waals surface area contributed by atoms with E-state index in [9.17, 15) is 9.59 Å². The molecular formula is C40H44N14O6. The molecule has 4 heterocycles. The average Bonchev–Trinajstić information content (AvgIpc) is 3.84. The van der Waals surface area contributed by atoms with Crippen LogP contribution >= 0.6 is 0 Å². The molecule has 4 aromatic heterocycles. The number of pyridine rings is 2. The summed E-state index contributed by atoms with van der Waals surface area (Å²) in [6.07, 6.45) is 1.24. The molecule has 20 nitrogen and oxygen atoms in total. The second kappa shape index (κ2) is 18.3. The molecule has 6 aromatic rings. The van der Waals surface area contributed by atoms with Crippen LogP contribution < -0.4 is 10.0 Å². The van der Waals surface area contributed by atoms with Gasteiger partial charge >= 0.3 is 12.2 Å². The van der Waals surface area contributed by atoms with E-state index in [1.807, 2.05) is 48.5 Å². The second-order valence-corrected chi connectivity index (χ2v) is 15.1. The summed E-state index contributed by atoms with van der Waals surface area (Å²) in [5, 5.41) is 33.2. The number of carbonyl (C=O) groups is 2. The van der Waals surface area contributed by atoms with Gasteiger partial charge in [-0.3, -0.25) is 0 Å². The molecule has 0 aliphatic carbocycles. The largest absolute Gasteiger partial charge is 0.442 e. The number of amides is 2. The van der Waals surface area contributed by atoms with Crippen LogP contribution in [0.5, 0.6) is 0 Å². The minimum absolute atomic E-state index is 0.0172. The first kappa shape index (κ1) is 42.0. The first-order valence-electron chi connectivity index (χ1n) is 18.6. The number of carbonyl (C=O) groups excluding carboxylic acids is 2. The third kappa shape index (κ3) is 11.3. The lowest BCUT2D eigenvalue weighted by atomic mass is 10.1. The number of benzene rings is 2. The number of aromatic nitrogens is 10. The number of hydrazine groups is 1. The Labute approximate surface area is 345 Å². The lowest BCUT2D eigenvalue weighted by Gasteiger charge is -2.35. The number of tetrazole rings is 2. The second-order valence-electron chi connectivity index (χ2n) is 15.1. The van der Waals surface area contributed by atoms with Gasteiger partial charge in [-0.2, -0.15) is 10.0 Å². The first-order valence-corrected chi connectivity index (χ1v) is 18.6. The van der Waals surface area contributed by atoms with Gasteiger partial charge in [0.2, 0.25) is 0 Å². The molecule has 60 heavy (non-hydrogen) atoms. The Kier molecular flexibility index (Phi) is 12.8. The van der Waals surface area contributed by atoms with Gasteiger partial charge in [0.15, 0.2) is 36.5 Å². The van der Waals surface area contributed by atoms with E-state index in [1.165, 1.54) is 0 Å². The van der Waals surface area contributed by atoms with Crippen molar-refractivity contribution in [2.45, 2.75) is 66.0 Å². The van der Waals surface area contributed by atoms with Crippen LogP contribution in [-0.2, 0) is 46.5 Å². The highest BCUT2D eigenvalue weighted by Crippen LogP contribution is 2.27. The molecule has 310 valence electrons. The van der Waals surface area contributed by atoms with Crippen molar-refractivity contribution in [3.63, 3.8) is 0 Å². The predicted octanol–water partition coefficient (Wildman–Crippen LogP) is 6.06. The molecule has 2 aromatic carbocycles. The number of hydrogen-bond donors (Lipinski definition) is 0. The summed E-state index contributed by atoms with van der Waals surface area (Å²) >= 11 is 0. The number of nitrogens with zero attached hydrogens (tertiary/aromatic N) is 14. The molecule has 0 atom stereocenters. The fourth-order valence-corrected chi connectivity index (χ4v) is 5.28. The molecule has 0 aliphatic rings. The van der Waals surface area contributed by atoms with Crippen LogP contribution in [0.2, 0.25) is 0 Å². The molecule has 0 bridgehead atoms. The van der Waals surface area contributed by atoms with E-state index in [0.717, 1.165) is 32.3 Å². The predicted molar refractivity (Wildman–Crippen MR) is 219 cm³/mol. The van der Waals surface area contributed by atoms with Gasteiger partial charge in [0.1, 0.15) is 11.2 Å². The number of hydrogen-bond acceptors (Lipinski definition) is 16. The Morgan fingerprint density at radius 3 is 1.32 bits per heavy atom. The maximum Gasteiger partial charge on any atom is 0.436 e. The van der Waals surface area contributed by atoms with E-state index in [2.05, 4.69) is 51.3 Å². The molecule has 0 saturated carbocycles. The standard InChI is InChI=1S/C40H44N14O6/c1-39(2,3)59-37(55)53(33-13-9-11-31(43-33)25-57-41-23-27-15-19-29(20-16-27)35-45-47-49-51(35)7)54(38(56)60-40(4,5)6)34-14-10-12-32(44-34)26-58-42-24-28-17-21-30(22-18-28)36-46-48-50-52(36)8/h9-24H,25-26H2,1-8H3/b41-23-,42-24-. The lowest BCUT2D eigenvalue weighted by molar-refractivity contribution is 0.0476. The van der Waals surface area contributed by atoms with Crippen LogP contribution in [0, 0.1) is 0 Å². The normalized spacial score (nSPS) is 11.8. The first-order chi connectivity index (χ1) is 28.6. The van der Waals surface area contributed by atoms with Crippen LogP contribution in [0.1, 0.15) is 64.1 Å². The van der Waals surface area contributed by atoms with Crippen molar-refractivity contribution in [3.05, 3.63) is 107 Å². The Morgan fingerprint density at radius 2 is 0.983 bits per heavy atom. The van der Waals surface area contributed by atoms with Crippen molar-refractivity contribution in [2.24, 2.45) is 24.4 Å². The summed E-state index contributed by atoms with van der Waals surface area (Å²) in [5.41, 5.74) is 2.09. The van der Waals surface area contributed by atoms with Gasteiger partial charge < -0.3 is 19.1 Å². The minimum atomic E-state index is -0.957. The van der Waals surface area contributed by atoms with E-state index >= 15 is 0 Å². The maximum atomic E-state index is 14.1. The molecule has 20 heteroatoms. The lowest BCUT2D eigenvalue weighted by Crippen LogP contribution is -2.54. The molecule has 0 fully saturated rings. The van der Waals surface area contributed by atoms with Crippen molar-refractivity contribution >= 4 is 36.3 Å². The minimum Gasteiger partial charge on any atom is -0.442 e. The van der Waals surface area contributed by atoms with Crippen LogP contribution in [0.3, 0.4) is 0 Å². The summed E-state index contributed by atoms with van der Waals surface area (Å²) in [7, 11) is 3.52. The highest BCUT2D eigenvalue weighted by Gasteiger charge is 2.37. The molecule has 0 spiro atoms. The van der Waals surface area contributed by atoms with Crippen LogP contribution in [-0.4, -0.2) is 86.2 Å². The van der Waals surface area contributed by atoms with Crippen molar-refractivity contribution in [1.82, 2.24) is 50.4 Å². The molecule has 0 saturated heterocycles. The summed E-state index contributed by atoms with van der Waals surface area (Å²) < 4.78 is 14.7. The van der Waals surface area contributed by atoms with Crippen LogP contribution in [0.25, 0.3) is 22.8 Å². The average molecular weight is 817 g/mol. The van der Waals surface area contributed by atoms with Crippen molar-refractivity contribution in [3.8, 4) is 22.8 Å². The van der Waals surface area contributed by atoms with E-state index in [4.69, 9.17) is 19.1 Å². The summed E-state index contributed by atoms with van der Waals surface area (Å²) in [4.78, 5) is 48.6. The van der Waals surface area contributed by atoms with Gasteiger partial charge in [0.25, 0.3) is 0 Å². The molecule has 6 rings (SSSR count). The van der Waals surface area contributed by atoms with Gasteiger partial charge in [0.05, 0.1) is 23.8 Å². The number of anilines is 2. The number of oxime groups is 2. The molecule has 2 amide bonds. The SMILES string of the molecule is Cn1nnnc1-c1ccc(/C=N\OCc2cccc(N(C(=O)OC(C)(C)C)N(C(=O)OC(C)(C)C)c3cccc(CO/N=C\c4ccc(-c5nnnn5C)cc4)n3)n2)cc1. The Hall–Kier alpha value is -7.64. The number of aryl methyl sites for hydroxylation is 2. The van der Waals surface area contributed by atoms with Gasteiger partial charge in [-0.15, -0.1) is 10.2 Å². The third-order valence-electron chi connectivity index (χ3n) is 7.91. The third-order valence-corrected chi connectivity index (χ3v) is 7.91. The van der Waals surface area contributed by atoms with E-state index in [-0.39, 0.29) is 24.8 Å². The quantitative estimate of drug-likeness (QED) is 0.101.